The summed E-state index contributed by atoms with van der Waals surface area (Å²) in [5.74, 6) is 0.322. The molecule has 0 radical (unpaired) electrons. The van der Waals surface area contributed by atoms with E-state index < -0.39 is 0 Å². The second-order valence-corrected chi connectivity index (χ2v) is 5.32. The minimum Gasteiger partial charge on any atom is -0.482 e. The smallest absolute Gasteiger partial charge is 0.258 e. The third kappa shape index (κ3) is 5.37. The molecule has 1 fully saturated rings. The van der Waals surface area contributed by atoms with Crippen LogP contribution in [0.3, 0.4) is 0 Å². The summed E-state index contributed by atoms with van der Waals surface area (Å²) in [5.41, 5.74) is 0. The van der Waals surface area contributed by atoms with Gasteiger partial charge in [0, 0.05) is 17.6 Å². The van der Waals surface area contributed by atoms with Crippen LogP contribution >= 0.6 is 35.6 Å². The molecule has 112 valence electrons. The molecule has 0 saturated carbocycles. The molecular formula is C13H17Cl3N2O2. The monoisotopic (exact) mass is 338 g/mol. The van der Waals surface area contributed by atoms with Gasteiger partial charge in [0.1, 0.15) is 5.75 Å². The molecule has 1 unspecified atom stereocenters. The van der Waals surface area contributed by atoms with Crippen molar-refractivity contribution in [3.05, 3.63) is 28.2 Å². The molecule has 1 aliphatic heterocycles. The van der Waals surface area contributed by atoms with Gasteiger partial charge in [0.15, 0.2) is 6.61 Å². The van der Waals surface area contributed by atoms with E-state index in [1.165, 1.54) is 0 Å². The predicted molar refractivity (Wildman–Crippen MR) is 83.2 cm³/mol. The van der Waals surface area contributed by atoms with Crippen molar-refractivity contribution in [1.29, 1.82) is 0 Å². The average Bonchev–Trinajstić information content (AvgIpc) is 2.39. The first-order valence-electron chi connectivity index (χ1n) is 6.23. The highest BCUT2D eigenvalue weighted by atomic mass is 35.5. The topological polar surface area (TPSA) is 50.4 Å². The molecule has 0 aliphatic carbocycles. The lowest BCUT2D eigenvalue weighted by molar-refractivity contribution is -0.123. The number of halogens is 3. The number of hydrogen-bond donors (Lipinski definition) is 2. The van der Waals surface area contributed by atoms with Gasteiger partial charge in [-0.2, -0.15) is 0 Å². The Morgan fingerprint density at radius 3 is 2.90 bits per heavy atom. The molecule has 1 aromatic carbocycles. The van der Waals surface area contributed by atoms with Crippen LogP contribution < -0.4 is 15.4 Å². The van der Waals surface area contributed by atoms with Gasteiger partial charge < -0.3 is 15.4 Å². The molecule has 0 bridgehead atoms. The zero-order chi connectivity index (χ0) is 13.7. The largest absolute Gasteiger partial charge is 0.482 e. The summed E-state index contributed by atoms with van der Waals surface area (Å²) in [6.07, 6.45) is 2.08. The van der Waals surface area contributed by atoms with Crippen LogP contribution in [-0.2, 0) is 4.79 Å². The predicted octanol–water partition coefficient (Wildman–Crippen LogP) is 2.66. The number of benzene rings is 1. The van der Waals surface area contributed by atoms with Crippen molar-refractivity contribution in [2.75, 3.05) is 19.7 Å². The lowest BCUT2D eigenvalue weighted by Gasteiger charge is -2.23. The summed E-state index contributed by atoms with van der Waals surface area (Å²) in [5, 5.41) is 7.10. The molecule has 0 spiro atoms. The quantitative estimate of drug-likeness (QED) is 0.887. The van der Waals surface area contributed by atoms with E-state index >= 15 is 0 Å². The fourth-order valence-corrected chi connectivity index (χ4v) is 2.44. The van der Waals surface area contributed by atoms with E-state index in [2.05, 4.69) is 10.6 Å². The Balaban J connectivity index is 0.00000200. The molecule has 1 saturated heterocycles. The van der Waals surface area contributed by atoms with Crippen molar-refractivity contribution in [3.63, 3.8) is 0 Å². The maximum atomic E-state index is 11.7. The summed E-state index contributed by atoms with van der Waals surface area (Å²) in [6, 6.07) is 5.10. The average molecular weight is 340 g/mol. The second kappa shape index (κ2) is 8.57. The van der Waals surface area contributed by atoms with Crippen molar-refractivity contribution in [2.45, 2.75) is 18.9 Å². The zero-order valence-corrected chi connectivity index (χ0v) is 13.2. The number of rotatable bonds is 4. The van der Waals surface area contributed by atoms with E-state index in [9.17, 15) is 4.79 Å². The fraction of sp³-hybridized carbons (Fsp3) is 0.462. The van der Waals surface area contributed by atoms with E-state index in [0.717, 1.165) is 25.9 Å². The highest BCUT2D eigenvalue weighted by Gasteiger charge is 2.15. The molecule has 1 aliphatic rings. The molecule has 1 aromatic rings. The van der Waals surface area contributed by atoms with E-state index in [1.54, 1.807) is 18.2 Å². The minimum absolute atomic E-state index is 0. The SMILES string of the molecule is Cl.O=C(COc1ccc(Cl)cc1Cl)NC1CCCNC1. The van der Waals surface area contributed by atoms with Crippen LogP contribution in [0.1, 0.15) is 12.8 Å². The third-order valence-corrected chi connectivity index (χ3v) is 3.45. The Morgan fingerprint density at radius 1 is 1.45 bits per heavy atom. The molecule has 1 heterocycles. The number of amides is 1. The molecule has 4 nitrogen and oxygen atoms in total. The minimum atomic E-state index is -0.139. The molecule has 2 N–H and O–H groups in total. The van der Waals surface area contributed by atoms with Gasteiger partial charge in [-0.1, -0.05) is 23.2 Å². The van der Waals surface area contributed by atoms with Crippen LogP contribution in [0.15, 0.2) is 18.2 Å². The number of nitrogens with one attached hydrogen (secondary N) is 2. The van der Waals surface area contributed by atoms with E-state index in [0.29, 0.717) is 15.8 Å². The van der Waals surface area contributed by atoms with Crippen molar-refractivity contribution < 1.29 is 9.53 Å². The third-order valence-electron chi connectivity index (χ3n) is 2.91. The number of ether oxygens (including phenoxy) is 1. The van der Waals surface area contributed by atoms with Gasteiger partial charge in [-0.15, -0.1) is 12.4 Å². The van der Waals surface area contributed by atoms with Crippen LogP contribution in [0, 0.1) is 0 Å². The highest BCUT2D eigenvalue weighted by molar-refractivity contribution is 6.35. The van der Waals surface area contributed by atoms with Crippen LogP contribution in [0.4, 0.5) is 0 Å². The molecule has 1 amide bonds. The van der Waals surface area contributed by atoms with Gasteiger partial charge >= 0.3 is 0 Å². The second-order valence-electron chi connectivity index (χ2n) is 4.47. The van der Waals surface area contributed by atoms with Crippen LogP contribution in [0.2, 0.25) is 10.0 Å². The van der Waals surface area contributed by atoms with E-state index in [4.69, 9.17) is 27.9 Å². The molecule has 2 rings (SSSR count). The standard InChI is InChI=1S/C13H16Cl2N2O2.ClH/c14-9-3-4-12(11(15)6-9)19-8-13(18)17-10-2-1-5-16-7-10;/h3-4,6,10,16H,1-2,5,7-8H2,(H,17,18);1H. The van der Waals surface area contributed by atoms with E-state index in [1.807, 2.05) is 0 Å². The zero-order valence-electron chi connectivity index (χ0n) is 10.8. The summed E-state index contributed by atoms with van der Waals surface area (Å²) in [4.78, 5) is 11.7. The van der Waals surface area contributed by atoms with Gasteiger partial charge in [-0.05, 0) is 37.6 Å². The Labute approximate surface area is 134 Å². The first kappa shape index (κ1) is 17.4. The molecule has 7 heteroatoms. The lowest BCUT2D eigenvalue weighted by atomic mass is 10.1. The van der Waals surface area contributed by atoms with Gasteiger partial charge in [-0.25, -0.2) is 0 Å². The maximum absolute atomic E-state index is 11.7. The fourth-order valence-electron chi connectivity index (χ4n) is 1.98. The van der Waals surface area contributed by atoms with Crippen molar-refractivity contribution in [3.8, 4) is 5.75 Å². The first-order chi connectivity index (χ1) is 9.15. The number of carbonyl (C=O) groups is 1. The summed E-state index contributed by atoms with van der Waals surface area (Å²) in [7, 11) is 0. The summed E-state index contributed by atoms with van der Waals surface area (Å²) in [6.45, 7) is 1.79. The van der Waals surface area contributed by atoms with Gasteiger partial charge in [0.2, 0.25) is 0 Å². The van der Waals surface area contributed by atoms with Crippen molar-refractivity contribution in [2.24, 2.45) is 0 Å². The summed E-state index contributed by atoms with van der Waals surface area (Å²) >= 11 is 11.7. The Kier molecular flexibility index (Phi) is 7.45. The maximum Gasteiger partial charge on any atom is 0.258 e. The lowest BCUT2D eigenvalue weighted by Crippen LogP contribution is -2.47. The first-order valence-corrected chi connectivity index (χ1v) is 6.98. The molecule has 0 aromatic heterocycles. The van der Waals surface area contributed by atoms with Gasteiger partial charge in [-0.3, -0.25) is 4.79 Å². The highest BCUT2D eigenvalue weighted by Crippen LogP contribution is 2.27. The molecular weight excluding hydrogens is 323 g/mol. The molecule has 20 heavy (non-hydrogen) atoms. The number of piperidine rings is 1. The van der Waals surface area contributed by atoms with E-state index in [-0.39, 0.29) is 31.0 Å². The van der Waals surface area contributed by atoms with Crippen LogP contribution in [-0.4, -0.2) is 31.6 Å². The normalized spacial score (nSPS) is 18.0. The van der Waals surface area contributed by atoms with Gasteiger partial charge in [0.25, 0.3) is 5.91 Å². The van der Waals surface area contributed by atoms with Crippen molar-refractivity contribution in [1.82, 2.24) is 10.6 Å². The number of carbonyl (C=O) groups excluding carboxylic acids is 1. The van der Waals surface area contributed by atoms with Crippen molar-refractivity contribution >= 4 is 41.5 Å². The van der Waals surface area contributed by atoms with Crippen LogP contribution in [0.5, 0.6) is 5.75 Å². The number of hydrogen-bond acceptors (Lipinski definition) is 3. The molecule has 1 atom stereocenters. The summed E-state index contributed by atoms with van der Waals surface area (Å²) < 4.78 is 5.37. The van der Waals surface area contributed by atoms with Crippen LogP contribution in [0.25, 0.3) is 0 Å². The Morgan fingerprint density at radius 2 is 2.25 bits per heavy atom. The Hall–Kier alpha value is -0.680. The Bertz CT molecular complexity index is 451. The van der Waals surface area contributed by atoms with Gasteiger partial charge in [0.05, 0.1) is 5.02 Å².